The van der Waals surface area contributed by atoms with E-state index in [1.807, 2.05) is 13.8 Å². The molecule has 1 fully saturated rings. The highest BCUT2D eigenvalue weighted by atomic mass is 16.3. The van der Waals surface area contributed by atoms with Gasteiger partial charge >= 0.3 is 0 Å². The monoisotopic (exact) mass is 214 g/mol. The van der Waals surface area contributed by atoms with Crippen LogP contribution >= 0.6 is 0 Å². The second-order valence-electron chi connectivity index (χ2n) is 4.71. The Morgan fingerprint density at radius 3 is 2.67 bits per heavy atom. The number of nitrogens with two attached hydrogens (primary N) is 1. The minimum absolute atomic E-state index is 0.147. The number of likely N-dealkylation sites (tertiary alicyclic amines) is 1. The molecule has 1 saturated heterocycles. The molecule has 0 spiro atoms. The molecule has 0 bridgehead atoms. The molecule has 0 aliphatic carbocycles. The Hall–Kier alpha value is -0.610. The lowest BCUT2D eigenvalue weighted by Gasteiger charge is -2.46. The van der Waals surface area contributed by atoms with Gasteiger partial charge < -0.3 is 15.7 Å². The van der Waals surface area contributed by atoms with Gasteiger partial charge in [0.1, 0.15) is 0 Å². The van der Waals surface area contributed by atoms with Crippen LogP contribution in [0.4, 0.5) is 0 Å². The summed E-state index contributed by atoms with van der Waals surface area (Å²) < 4.78 is 0. The zero-order chi connectivity index (χ0) is 11.5. The van der Waals surface area contributed by atoms with Crippen molar-refractivity contribution < 1.29 is 9.90 Å². The molecule has 0 aromatic carbocycles. The molecule has 1 unspecified atom stereocenters. The van der Waals surface area contributed by atoms with Crippen LogP contribution in [-0.2, 0) is 4.79 Å². The Morgan fingerprint density at radius 2 is 2.20 bits per heavy atom. The van der Waals surface area contributed by atoms with Crippen LogP contribution in [0.25, 0.3) is 0 Å². The van der Waals surface area contributed by atoms with E-state index in [0.29, 0.717) is 32.0 Å². The first-order chi connectivity index (χ1) is 7.00. The summed E-state index contributed by atoms with van der Waals surface area (Å²) in [5.74, 6) is 0.550. The molecule has 4 heteroatoms. The Labute approximate surface area is 91.4 Å². The van der Waals surface area contributed by atoms with Crippen LogP contribution in [0.1, 0.15) is 33.1 Å². The van der Waals surface area contributed by atoms with Gasteiger partial charge in [-0.1, -0.05) is 13.8 Å². The second kappa shape index (κ2) is 4.94. The van der Waals surface area contributed by atoms with Crippen molar-refractivity contribution in [3.63, 3.8) is 0 Å². The molecule has 1 aliphatic rings. The van der Waals surface area contributed by atoms with Gasteiger partial charge in [-0.15, -0.1) is 0 Å². The predicted octanol–water partition coefficient (Wildman–Crippen LogP) is 0.345. The first kappa shape index (κ1) is 12.5. The van der Waals surface area contributed by atoms with Crippen LogP contribution in [0, 0.1) is 5.92 Å². The van der Waals surface area contributed by atoms with Crippen LogP contribution in [-0.4, -0.2) is 41.1 Å². The van der Waals surface area contributed by atoms with E-state index in [-0.39, 0.29) is 5.91 Å². The van der Waals surface area contributed by atoms with Crippen LogP contribution in [0.2, 0.25) is 0 Å². The van der Waals surface area contributed by atoms with E-state index in [1.54, 1.807) is 4.90 Å². The van der Waals surface area contributed by atoms with Crippen molar-refractivity contribution in [1.29, 1.82) is 0 Å². The Bertz CT molecular complexity index is 225. The molecule has 1 rings (SSSR count). The summed E-state index contributed by atoms with van der Waals surface area (Å²) >= 11 is 0. The molecule has 0 aromatic heterocycles. The molecule has 0 saturated carbocycles. The van der Waals surface area contributed by atoms with Crippen molar-refractivity contribution in [2.45, 2.75) is 38.7 Å². The van der Waals surface area contributed by atoms with Crippen LogP contribution in [0.5, 0.6) is 0 Å². The van der Waals surface area contributed by atoms with Crippen LogP contribution in [0.15, 0.2) is 0 Å². The maximum Gasteiger partial charge on any atom is 0.222 e. The number of nitrogens with zero attached hydrogens (tertiary/aromatic N) is 1. The molecule has 0 aromatic rings. The van der Waals surface area contributed by atoms with Gasteiger partial charge in [-0.25, -0.2) is 0 Å². The molecule has 1 aliphatic heterocycles. The molecule has 1 atom stereocenters. The van der Waals surface area contributed by atoms with Gasteiger partial charge in [0.2, 0.25) is 5.91 Å². The lowest BCUT2D eigenvalue weighted by Crippen LogP contribution is -2.63. The SMILES string of the molecule is CCC1(O)CN(C(=O)CCC(C)CN)C1. The van der Waals surface area contributed by atoms with Gasteiger partial charge in [0.05, 0.1) is 18.7 Å². The fourth-order valence-corrected chi connectivity index (χ4v) is 1.71. The van der Waals surface area contributed by atoms with Crippen molar-refractivity contribution in [1.82, 2.24) is 4.90 Å². The molecular weight excluding hydrogens is 192 g/mol. The lowest BCUT2D eigenvalue weighted by atomic mass is 9.90. The quantitative estimate of drug-likeness (QED) is 0.693. The highest BCUT2D eigenvalue weighted by Crippen LogP contribution is 2.25. The summed E-state index contributed by atoms with van der Waals surface area (Å²) in [5, 5.41) is 9.75. The third kappa shape index (κ3) is 3.18. The van der Waals surface area contributed by atoms with Crippen molar-refractivity contribution in [3.05, 3.63) is 0 Å². The minimum atomic E-state index is -0.616. The third-order valence-corrected chi connectivity index (χ3v) is 3.23. The first-order valence-electron chi connectivity index (χ1n) is 5.71. The summed E-state index contributed by atoms with van der Waals surface area (Å²) in [4.78, 5) is 13.4. The topological polar surface area (TPSA) is 66.6 Å². The lowest BCUT2D eigenvalue weighted by molar-refractivity contribution is -0.156. The van der Waals surface area contributed by atoms with E-state index in [2.05, 4.69) is 0 Å². The summed E-state index contributed by atoms with van der Waals surface area (Å²) in [6.45, 7) is 5.62. The Kier molecular flexibility index (Phi) is 4.11. The highest BCUT2D eigenvalue weighted by Gasteiger charge is 2.41. The third-order valence-electron chi connectivity index (χ3n) is 3.23. The Balaban J connectivity index is 2.21. The molecule has 1 heterocycles. The largest absolute Gasteiger partial charge is 0.386 e. The number of hydrogen-bond acceptors (Lipinski definition) is 3. The number of β-amino-alcohol motifs (C(OH)–C–C–N with tert-alkyl or cyclic N) is 1. The van der Waals surface area contributed by atoms with Gasteiger partial charge in [-0.3, -0.25) is 4.79 Å². The number of aliphatic hydroxyl groups is 1. The number of rotatable bonds is 5. The van der Waals surface area contributed by atoms with Crippen molar-refractivity contribution >= 4 is 5.91 Å². The van der Waals surface area contributed by atoms with Crippen molar-refractivity contribution in [2.75, 3.05) is 19.6 Å². The van der Waals surface area contributed by atoms with Crippen molar-refractivity contribution in [3.8, 4) is 0 Å². The van der Waals surface area contributed by atoms with Gasteiger partial charge in [0.15, 0.2) is 0 Å². The van der Waals surface area contributed by atoms with Crippen molar-refractivity contribution in [2.24, 2.45) is 11.7 Å². The fourth-order valence-electron chi connectivity index (χ4n) is 1.71. The van der Waals surface area contributed by atoms with E-state index >= 15 is 0 Å². The highest BCUT2D eigenvalue weighted by molar-refractivity contribution is 5.77. The average Bonchev–Trinajstić information content (AvgIpc) is 2.20. The molecule has 0 radical (unpaired) electrons. The molecule has 4 nitrogen and oxygen atoms in total. The normalized spacial score (nSPS) is 20.9. The zero-order valence-electron chi connectivity index (χ0n) is 9.70. The summed E-state index contributed by atoms with van der Waals surface area (Å²) in [7, 11) is 0. The predicted molar refractivity (Wildman–Crippen MR) is 59.3 cm³/mol. The van der Waals surface area contributed by atoms with Crippen LogP contribution in [0.3, 0.4) is 0 Å². The van der Waals surface area contributed by atoms with Gasteiger partial charge in [0.25, 0.3) is 0 Å². The molecule has 3 N–H and O–H groups in total. The molecular formula is C11H22N2O2. The standard InChI is InChI=1S/C11H22N2O2/c1-3-11(15)7-13(8-11)10(14)5-4-9(2)6-12/h9,15H,3-8,12H2,1-2H3. The second-order valence-corrected chi connectivity index (χ2v) is 4.71. The van der Waals surface area contributed by atoms with E-state index in [4.69, 9.17) is 5.73 Å². The maximum atomic E-state index is 11.6. The molecule has 1 amide bonds. The van der Waals surface area contributed by atoms with E-state index in [1.165, 1.54) is 0 Å². The Morgan fingerprint density at radius 1 is 1.60 bits per heavy atom. The van der Waals surface area contributed by atoms with Gasteiger partial charge in [-0.2, -0.15) is 0 Å². The number of amides is 1. The van der Waals surface area contributed by atoms with Gasteiger partial charge in [-0.05, 0) is 25.3 Å². The number of hydrogen-bond donors (Lipinski definition) is 2. The van der Waals surface area contributed by atoms with Crippen LogP contribution < -0.4 is 5.73 Å². The fraction of sp³-hybridized carbons (Fsp3) is 0.909. The number of carbonyl (C=O) groups is 1. The summed E-state index contributed by atoms with van der Waals surface area (Å²) in [6, 6.07) is 0. The average molecular weight is 214 g/mol. The van der Waals surface area contributed by atoms with E-state index in [0.717, 1.165) is 12.8 Å². The number of carbonyl (C=O) groups excluding carboxylic acids is 1. The molecule has 15 heavy (non-hydrogen) atoms. The smallest absolute Gasteiger partial charge is 0.222 e. The minimum Gasteiger partial charge on any atom is -0.386 e. The van der Waals surface area contributed by atoms with E-state index in [9.17, 15) is 9.90 Å². The van der Waals surface area contributed by atoms with E-state index < -0.39 is 5.60 Å². The molecule has 88 valence electrons. The summed E-state index contributed by atoms with van der Waals surface area (Å²) in [6.07, 6.45) is 2.12. The summed E-state index contributed by atoms with van der Waals surface area (Å²) in [5.41, 5.74) is 4.86. The zero-order valence-corrected chi connectivity index (χ0v) is 9.70. The maximum absolute atomic E-state index is 11.6. The first-order valence-corrected chi connectivity index (χ1v) is 5.71. The van der Waals surface area contributed by atoms with Gasteiger partial charge in [0, 0.05) is 6.42 Å².